The molecule has 0 aliphatic carbocycles. The van der Waals surface area contributed by atoms with E-state index in [0.717, 1.165) is 34.6 Å². The molecule has 0 saturated heterocycles. The molecular weight excluding hydrogens is 467 g/mol. The van der Waals surface area contributed by atoms with Gasteiger partial charge in [0.1, 0.15) is 0 Å². The van der Waals surface area contributed by atoms with Crippen molar-refractivity contribution in [2.75, 3.05) is 26.1 Å². The van der Waals surface area contributed by atoms with Gasteiger partial charge >= 0.3 is 0 Å². The Balaban J connectivity index is 1.59. The second-order valence-corrected chi connectivity index (χ2v) is 8.51. The normalized spacial score (nSPS) is 10.7. The minimum absolute atomic E-state index is 0.542. The van der Waals surface area contributed by atoms with Crippen molar-refractivity contribution < 1.29 is 9.47 Å². The first kappa shape index (κ1) is 24.2. The fraction of sp³-hybridized carbons (Fsp3) is 0.304. The molecule has 1 heterocycles. The molecule has 0 fully saturated rings. The molecule has 2 aromatic carbocycles. The maximum Gasteiger partial charge on any atom is 0.170 e. The summed E-state index contributed by atoms with van der Waals surface area (Å²) in [4.78, 5) is 0. The zero-order chi connectivity index (χ0) is 23.3. The van der Waals surface area contributed by atoms with Gasteiger partial charge in [0.05, 0.1) is 37.8 Å². The molecule has 0 bridgehead atoms. The molecule has 0 amide bonds. The molecule has 0 radical (unpaired) electrons. The standard InChI is InChI=1S/C23H26Cl2N4O2S/c1-14-22(15(2)29(28-14)13-17-6-7-18(24)12-19(17)25)27-23(32)26-10-9-16-5-8-20(30-3)21(11-16)31-4/h5-8,11-12H,9-10,13H2,1-4H3,(H2,26,27,32). The third-order valence-electron chi connectivity index (χ3n) is 5.10. The lowest BCUT2D eigenvalue weighted by Crippen LogP contribution is -2.30. The van der Waals surface area contributed by atoms with Crippen LogP contribution in [-0.4, -0.2) is 35.7 Å². The molecule has 170 valence electrons. The van der Waals surface area contributed by atoms with Gasteiger partial charge in [-0.1, -0.05) is 35.3 Å². The first-order valence-corrected chi connectivity index (χ1v) is 11.2. The van der Waals surface area contributed by atoms with Crippen molar-refractivity contribution in [1.29, 1.82) is 0 Å². The molecule has 0 saturated carbocycles. The van der Waals surface area contributed by atoms with Gasteiger partial charge in [-0.3, -0.25) is 4.68 Å². The fourth-order valence-corrected chi connectivity index (χ4v) is 4.03. The van der Waals surface area contributed by atoms with Crippen molar-refractivity contribution in [3.8, 4) is 11.5 Å². The number of anilines is 1. The molecule has 0 spiro atoms. The lowest BCUT2D eigenvalue weighted by atomic mass is 10.1. The minimum atomic E-state index is 0.542. The second-order valence-electron chi connectivity index (χ2n) is 7.26. The average Bonchev–Trinajstić information content (AvgIpc) is 3.02. The number of nitrogens with one attached hydrogen (secondary N) is 2. The number of aryl methyl sites for hydroxylation is 1. The summed E-state index contributed by atoms with van der Waals surface area (Å²) in [5, 5.41) is 12.9. The Morgan fingerprint density at radius 3 is 2.50 bits per heavy atom. The Bertz CT molecular complexity index is 1120. The summed E-state index contributed by atoms with van der Waals surface area (Å²) in [6.07, 6.45) is 0.786. The molecule has 3 aromatic rings. The Morgan fingerprint density at radius 1 is 1.06 bits per heavy atom. The van der Waals surface area contributed by atoms with Crippen LogP contribution in [0.15, 0.2) is 36.4 Å². The van der Waals surface area contributed by atoms with E-state index in [4.69, 9.17) is 44.9 Å². The summed E-state index contributed by atoms with van der Waals surface area (Å²) >= 11 is 17.8. The van der Waals surface area contributed by atoms with E-state index in [1.807, 2.05) is 48.9 Å². The lowest BCUT2D eigenvalue weighted by molar-refractivity contribution is 0.354. The molecule has 32 heavy (non-hydrogen) atoms. The van der Waals surface area contributed by atoms with Crippen molar-refractivity contribution in [3.05, 3.63) is 69.0 Å². The van der Waals surface area contributed by atoms with Gasteiger partial charge in [0.15, 0.2) is 16.6 Å². The topological polar surface area (TPSA) is 60.3 Å². The number of thiocarbonyl (C=S) groups is 1. The highest BCUT2D eigenvalue weighted by Crippen LogP contribution is 2.28. The summed E-state index contributed by atoms with van der Waals surface area (Å²) in [5.74, 6) is 1.43. The van der Waals surface area contributed by atoms with Crippen LogP contribution in [0.3, 0.4) is 0 Å². The number of methoxy groups -OCH3 is 2. The largest absolute Gasteiger partial charge is 0.493 e. The zero-order valence-corrected chi connectivity index (χ0v) is 20.8. The van der Waals surface area contributed by atoms with E-state index in [9.17, 15) is 0 Å². The number of hydrogen-bond acceptors (Lipinski definition) is 4. The Hall–Kier alpha value is -2.48. The van der Waals surface area contributed by atoms with Gasteiger partial charge in [0.2, 0.25) is 0 Å². The highest BCUT2D eigenvalue weighted by Gasteiger charge is 2.14. The molecular formula is C23H26Cl2N4O2S. The predicted molar refractivity (Wildman–Crippen MR) is 135 cm³/mol. The number of benzene rings is 2. The van der Waals surface area contributed by atoms with Gasteiger partial charge in [0, 0.05) is 16.6 Å². The highest BCUT2D eigenvalue weighted by molar-refractivity contribution is 7.80. The van der Waals surface area contributed by atoms with Crippen LogP contribution in [0.4, 0.5) is 5.69 Å². The summed E-state index contributed by atoms with van der Waals surface area (Å²) in [6, 6.07) is 11.4. The molecule has 2 N–H and O–H groups in total. The number of rotatable bonds is 8. The van der Waals surface area contributed by atoms with E-state index >= 15 is 0 Å². The fourth-order valence-electron chi connectivity index (χ4n) is 3.36. The van der Waals surface area contributed by atoms with Crippen LogP contribution in [-0.2, 0) is 13.0 Å². The number of nitrogens with zero attached hydrogens (tertiary/aromatic N) is 2. The summed E-state index contributed by atoms with van der Waals surface area (Å²) < 4.78 is 12.5. The van der Waals surface area contributed by atoms with Crippen LogP contribution < -0.4 is 20.1 Å². The van der Waals surface area contributed by atoms with Crippen LogP contribution >= 0.6 is 35.4 Å². The van der Waals surface area contributed by atoms with Crippen LogP contribution in [0.1, 0.15) is 22.5 Å². The Labute approximate surface area is 203 Å². The van der Waals surface area contributed by atoms with Gasteiger partial charge in [-0.05, 0) is 67.9 Å². The van der Waals surface area contributed by atoms with Crippen molar-refractivity contribution in [3.63, 3.8) is 0 Å². The zero-order valence-electron chi connectivity index (χ0n) is 18.5. The van der Waals surface area contributed by atoms with Crippen LogP contribution in [0.5, 0.6) is 11.5 Å². The third kappa shape index (κ3) is 5.85. The molecule has 0 unspecified atom stereocenters. The maximum absolute atomic E-state index is 6.32. The Kier molecular flexibility index (Phi) is 8.23. The first-order valence-electron chi connectivity index (χ1n) is 10.1. The minimum Gasteiger partial charge on any atom is -0.493 e. The number of halogens is 2. The van der Waals surface area contributed by atoms with Crippen LogP contribution in [0, 0.1) is 13.8 Å². The second kappa shape index (κ2) is 10.9. The molecule has 6 nitrogen and oxygen atoms in total. The van der Waals surface area contributed by atoms with Crippen molar-refractivity contribution in [1.82, 2.24) is 15.1 Å². The number of ether oxygens (including phenoxy) is 2. The first-order chi connectivity index (χ1) is 15.3. The van der Waals surface area contributed by atoms with Gasteiger partial charge in [-0.15, -0.1) is 0 Å². The third-order valence-corrected chi connectivity index (χ3v) is 5.94. The Morgan fingerprint density at radius 2 is 1.81 bits per heavy atom. The van der Waals surface area contributed by atoms with E-state index in [0.29, 0.717) is 39.7 Å². The van der Waals surface area contributed by atoms with Gasteiger partial charge in [0.25, 0.3) is 0 Å². The van der Waals surface area contributed by atoms with E-state index in [1.165, 1.54) is 0 Å². The molecule has 0 atom stereocenters. The molecule has 3 rings (SSSR count). The predicted octanol–water partition coefficient (Wildman–Crippen LogP) is 5.40. The summed E-state index contributed by atoms with van der Waals surface area (Å²) in [7, 11) is 3.25. The SMILES string of the molecule is COc1ccc(CCNC(=S)Nc2c(C)nn(Cc3ccc(Cl)cc3Cl)c2C)cc1OC. The molecule has 9 heteroatoms. The van der Waals surface area contributed by atoms with Gasteiger partial charge in [-0.25, -0.2) is 0 Å². The highest BCUT2D eigenvalue weighted by atomic mass is 35.5. The maximum atomic E-state index is 6.32. The lowest BCUT2D eigenvalue weighted by Gasteiger charge is -2.13. The number of aromatic nitrogens is 2. The van der Waals surface area contributed by atoms with Crippen molar-refractivity contribution in [2.45, 2.75) is 26.8 Å². The smallest absolute Gasteiger partial charge is 0.170 e. The van der Waals surface area contributed by atoms with Crippen molar-refractivity contribution >= 4 is 46.2 Å². The number of hydrogen-bond donors (Lipinski definition) is 2. The van der Waals surface area contributed by atoms with E-state index in [-0.39, 0.29) is 0 Å². The average molecular weight is 493 g/mol. The van der Waals surface area contributed by atoms with E-state index in [1.54, 1.807) is 20.3 Å². The molecule has 0 aliphatic heterocycles. The molecule has 1 aromatic heterocycles. The summed E-state index contributed by atoms with van der Waals surface area (Å²) in [6.45, 7) is 5.16. The van der Waals surface area contributed by atoms with Gasteiger partial charge in [-0.2, -0.15) is 5.10 Å². The van der Waals surface area contributed by atoms with Gasteiger partial charge < -0.3 is 20.1 Å². The summed E-state index contributed by atoms with van der Waals surface area (Å²) in [5.41, 5.74) is 4.79. The quantitative estimate of drug-likeness (QED) is 0.410. The monoisotopic (exact) mass is 492 g/mol. The van der Waals surface area contributed by atoms with Crippen LogP contribution in [0.2, 0.25) is 10.0 Å². The molecule has 0 aliphatic rings. The van der Waals surface area contributed by atoms with E-state index < -0.39 is 0 Å². The van der Waals surface area contributed by atoms with E-state index in [2.05, 4.69) is 15.7 Å². The van der Waals surface area contributed by atoms with Crippen molar-refractivity contribution in [2.24, 2.45) is 0 Å². The van der Waals surface area contributed by atoms with Crippen LogP contribution in [0.25, 0.3) is 0 Å².